The van der Waals surface area contributed by atoms with E-state index in [2.05, 4.69) is 17.1 Å². The molecule has 0 aliphatic rings. The van der Waals surface area contributed by atoms with E-state index in [0.717, 1.165) is 4.70 Å². The summed E-state index contributed by atoms with van der Waals surface area (Å²) in [5, 5.41) is 25.5. The number of ether oxygens (including phenoxy) is 1. The summed E-state index contributed by atoms with van der Waals surface area (Å²) in [7, 11) is 1.45. The lowest BCUT2D eigenvalue weighted by molar-refractivity contribution is -0.384. The smallest absolute Gasteiger partial charge is 0.281 e. The number of methoxy groups -OCH3 is 1. The average molecular weight is 411 g/mol. The van der Waals surface area contributed by atoms with Gasteiger partial charge in [-0.3, -0.25) is 14.9 Å². The highest BCUT2D eigenvalue weighted by molar-refractivity contribution is 7.20. The molecule has 0 bridgehead atoms. The van der Waals surface area contributed by atoms with Crippen molar-refractivity contribution in [2.45, 2.75) is 6.42 Å². The molecule has 29 heavy (non-hydrogen) atoms. The van der Waals surface area contributed by atoms with Crippen LogP contribution in [0.3, 0.4) is 0 Å². The zero-order valence-corrected chi connectivity index (χ0v) is 16.2. The molecular weight excluding hydrogens is 394 g/mol. The molecule has 0 spiro atoms. The van der Waals surface area contributed by atoms with Gasteiger partial charge in [0, 0.05) is 27.8 Å². The van der Waals surface area contributed by atoms with Gasteiger partial charge in [0.25, 0.3) is 11.6 Å². The molecule has 0 saturated heterocycles. The fourth-order valence-electron chi connectivity index (χ4n) is 2.71. The molecule has 9 heteroatoms. The number of carbonyl (C=O) groups is 1. The Labute approximate surface area is 169 Å². The molecule has 3 rings (SSSR count). The quantitative estimate of drug-likeness (QED) is 0.264. The van der Waals surface area contributed by atoms with Crippen LogP contribution >= 0.6 is 11.3 Å². The minimum Gasteiger partial charge on any atom is -0.504 e. The van der Waals surface area contributed by atoms with Crippen LogP contribution in [0.1, 0.15) is 20.8 Å². The predicted octanol–water partition coefficient (Wildman–Crippen LogP) is 4.02. The van der Waals surface area contributed by atoms with Gasteiger partial charge in [-0.2, -0.15) is 5.10 Å². The minimum absolute atomic E-state index is 0.0307. The lowest BCUT2D eigenvalue weighted by atomic mass is 10.1. The highest BCUT2D eigenvalue weighted by Crippen LogP contribution is 2.31. The van der Waals surface area contributed by atoms with Gasteiger partial charge in [0.1, 0.15) is 0 Å². The monoisotopic (exact) mass is 411 g/mol. The predicted molar refractivity (Wildman–Crippen MR) is 112 cm³/mol. The molecule has 0 radical (unpaired) electrons. The fourth-order valence-corrected chi connectivity index (χ4v) is 3.64. The molecule has 0 unspecified atom stereocenters. The molecule has 0 atom stereocenters. The second-order valence-electron chi connectivity index (χ2n) is 6.01. The number of hydrogen-bond donors (Lipinski definition) is 2. The third kappa shape index (κ3) is 4.41. The van der Waals surface area contributed by atoms with E-state index < -0.39 is 10.8 Å². The lowest BCUT2D eigenvalue weighted by Crippen LogP contribution is -2.16. The number of nitrogens with zero attached hydrogens (tertiary/aromatic N) is 2. The van der Waals surface area contributed by atoms with Gasteiger partial charge in [0.05, 0.1) is 23.1 Å². The van der Waals surface area contributed by atoms with Crippen LogP contribution in [0.15, 0.2) is 54.2 Å². The van der Waals surface area contributed by atoms with E-state index in [0.29, 0.717) is 33.6 Å². The summed E-state index contributed by atoms with van der Waals surface area (Å²) in [6.45, 7) is 3.66. The van der Waals surface area contributed by atoms with Crippen molar-refractivity contribution in [2.24, 2.45) is 5.10 Å². The van der Waals surface area contributed by atoms with E-state index in [9.17, 15) is 20.0 Å². The van der Waals surface area contributed by atoms with Gasteiger partial charge in [-0.1, -0.05) is 6.08 Å². The van der Waals surface area contributed by atoms with Gasteiger partial charge in [0.15, 0.2) is 11.5 Å². The zero-order valence-electron chi connectivity index (χ0n) is 15.4. The molecule has 0 aliphatic carbocycles. The number of aromatic hydroxyl groups is 1. The van der Waals surface area contributed by atoms with Crippen molar-refractivity contribution in [3.05, 3.63) is 75.2 Å². The Morgan fingerprint density at radius 3 is 2.86 bits per heavy atom. The molecule has 2 N–H and O–H groups in total. The maximum Gasteiger partial charge on any atom is 0.281 e. The number of benzene rings is 2. The van der Waals surface area contributed by atoms with Crippen molar-refractivity contribution in [3.63, 3.8) is 0 Å². The third-order valence-electron chi connectivity index (χ3n) is 4.07. The number of hydrogen-bond acceptors (Lipinski definition) is 7. The SMILES string of the molecule is C=CCc1cc(/C=N\NC(=O)c2cc3cc([N+](=O)[O-])ccc3s2)cc(OC)c1O. The number of carbonyl (C=O) groups excluding carboxylic acids is 1. The molecule has 1 heterocycles. The second-order valence-corrected chi connectivity index (χ2v) is 7.10. The van der Waals surface area contributed by atoms with Crippen LogP contribution in [0.4, 0.5) is 5.69 Å². The minimum atomic E-state index is -0.478. The van der Waals surface area contributed by atoms with E-state index in [-0.39, 0.29) is 11.4 Å². The number of thiophene rings is 1. The van der Waals surface area contributed by atoms with E-state index in [1.54, 1.807) is 30.3 Å². The van der Waals surface area contributed by atoms with Crippen LogP contribution in [0.5, 0.6) is 11.5 Å². The third-order valence-corrected chi connectivity index (χ3v) is 5.19. The topological polar surface area (TPSA) is 114 Å². The van der Waals surface area contributed by atoms with E-state index in [1.165, 1.54) is 36.8 Å². The molecule has 2 aromatic carbocycles. The molecular formula is C20H17N3O5S. The fraction of sp³-hybridized carbons (Fsp3) is 0.100. The first kappa shape index (κ1) is 20.0. The average Bonchev–Trinajstić information content (AvgIpc) is 3.13. The van der Waals surface area contributed by atoms with Crippen LogP contribution in [-0.2, 0) is 6.42 Å². The molecule has 1 aromatic heterocycles. The Kier molecular flexibility index (Phi) is 5.89. The number of nitro groups is 1. The number of phenolic OH excluding ortho intramolecular Hbond substituents is 1. The summed E-state index contributed by atoms with van der Waals surface area (Å²) in [5.74, 6) is -0.0988. The van der Waals surface area contributed by atoms with Crippen molar-refractivity contribution in [3.8, 4) is 11.5 Å². The molecule has 1 amide bonds. The van der Waals surface area contributed by atoms with Crippen LogP contribution < -0.4 is 10.2 Å². The Hall–Kier alpha value is -3.72. The Bertz CT molecular complexity index is 1140. The Morgan fingerprint density at radius 1 is 1.38 bits per heavy atom. The zero-order chi connectivity index (χ0) is 21.0. The van der Waals surface area contributed by atoms with Gasteiger partial charge in [0.2, 0.25) is 0 Å². The maximum absolute atomic E-state index is 12.3. The van der Waals surface area contributed by atoms with E-state index >= 15 is 0 Å². The maximum atomic E-state index is 12.3. The first-order valence-electron chi connectivity index (χ1n) is 8.45. The van der Waals surface area contributed by atoms with Crippen molar-refractivity contribution in [1.82, 2.24) is 5.43 Å². The summed E-state index contributed by atoms with van der Waals surface area (Å²) < 4.78 is 5.92. The molecule has 0 fully saturated rings. The highest BCUT2D eigenvalue weighted by Gasteiger charge is 2.13. The Morgan fingerprint density at radius 2 is 2.17 bits per heavy atom. The van der Waals surface area contributed by atoms with Gasteiger partial charge in [-0.25, -0.2) is 5.43 Å². The number of non-ortho nitro benzene ring substituents is 1. The number of fused-ring (bicyclic) bond motifs is 1. The molecule has 8 nitrogen and oxygen atoms in total. The first-order chi connectivity index (χ1) is 13.9. The molecule has 3 aromatic rings. The second kappa shape index (κ2) is 8.53. The number of nitro benzene ring substituents is 1. The number of hydrazone groups is 1. The summed E-state index contributed by atoms with van der Waals surface area (Å²) in [5.41, 5.74) is 3.65. The van der Waals surface area contributed by atoms with Gasteiger partial charge in [-0.05, 0) is 36.2 Å². The molecule has 0 aliphatic heterocycles. The summed E-state index contributed by atoms with van der Waals surface area (Å²) in [6.07, 6.45) is 3.54. The van der Waals surface area contributed by atoms with Gasteiger partial charge in [-0.15, -0.1) is 17.9 Å². The highest BCUT2D eigenvalue weighted by atomic mass is 32.1. The standard InChI is InChI=1S/C20H17N3O5S/c1-3-4-13-7-12(8-16(28-2)19(13)24)11-21-22-20(25)18-10-14-9-15(23(26)27)5-6-17(14)29-18/h3,5-11,24H,1,4H2,2H3,(H,22,25)/b21-11-. The number of allylic oxidation sites excluding steroid dienone is 1. The number of amides is 1. The van der Waals surface area contributed by atoms with Crippen molar-refractivity contribution >= 4 is 39.2 Å². The number of phenols is 1. The van der Waals surface area contributed by atoms with Crippen LogP contribution in [0, 0.1) is 10.1 Å². The Balaban J connectivity index is 1.77. The largest absolute Gasteiger partial charge is 0.504 e. The van der Waals surface area contributed by atoms with E-state index in [4.69, 9.17) is 4.74 Å². The number of rotatable bonds is 7. The first-order valence-corrected chi connectivity index (χ1v) is 9.26. The van der Waals surface area contributed by atoms with Gasteiger partial charge >= 0.3 is 0 Å². The van der Waals surface area contributed by atoms with E-state index in [1.807, 2.05) is 0 Å². The van der Waals surface area contributed by atoms with Crippen LogP contribution in [-0.4, -0.2) is 29.3 Å². The van der Waals surface area contributed by atoms with Crippen molar-refractivity contribution in [2.75, 3.05) is 7.11 Å². The van der Waals surface area contributed by atoms with Crippen molar-refractivity contribution < 1.29 is 19.6 Å². The van der Waals surface area contributed by atoms with Crippen LogP contribution in [0.25, 0.3) is 10.1 Å². The summed E-state index contributed by atoms with van der Waals surface area (Å²) in [6, 6.07) is 9.34. The van der Waals surface area contributed by atoms with Crippen LogP contribution in [0.2, 0.25) is 0 Å². The number of nitrogens with one attached hydrogen (secondary N) is 1. The van der Waals surface area contributed by atoms with Gasteiger partial charge < -0.3 is 9.84 Å². The normalized spacial score (nSPS) is 10.9. The lowest BCUT2D eigenvalue weighted by Gasteiger charge is -2.09. The molecule has 148 valence electrons. The molecule has 0 saturated carbocycles. The van der Waals surface area contributed by atoms with Crippen molar-refractivity contribution in [1.29, 1.82) is 0 Å². The summed E-state index contributed by atoms with van der Waals surface area (Å²) in [4.78, 5) is 23.1. The summed E-state index contributed by atoms with van der Waals surface area (Å²) >= 11 is 1.22.